The first-order valence-electron chi connectivity index (χ1n) is 9.65. The van der Waals surface area contributed by atoms with Crippen molar-refractivity contribution >= 4 is 0 Å². The summed E-state index contributed by atoms with van der Waals surface area (Å²) in [5, 5.41) is 18.3. The molecule has 0 spiro atoms. The molecule has 0 saturated heterocycles. The van der Waals surface area contributed by atoms with Gasteiger partial charge in [0, 0.05) is 5.92 Å². The van der Waals surface area contributed by atoms with Crippen LogP contribution in [0.15, 0.2) is 6.20 Å². The Bertz CT molecular complexity index is 568. The third-order valence-electron chi connectivity index (χ3n) is 6.54. The minimum Gasteiger partial charge on any atom is -0.232 e. The molecule has 0 N–H and O–H groups in total. The fourth-order valence-corrected chi connectivity index (χ4v) is 4.86. The lowest BCUT2D eigenvalue weighted by atomic mass is 9.74. The van der Waals surface area contributed by atoms with E-state index in [0.29, 0.717) is 5.92 Å². The predicted octanol–water partition coefficient (Wildman–Crippen LogP) is 4.53. The van der Waals surface area contributed by atoms with Gasteiger partial charge in [0.15, 0.2) is 5.54 Å². The van der Waals surface area contributed by atoms with E-state index in [1.165, 1.54) is 69.9 Å². The molecule has 0 aliphatic heterocycles. The number of aromatic nitrogens is 3. The van der Waals surface area contributed by atoms with Crippen LogP contribution in [0.1, 0.15) is 88.7 Å². The van der Waals surface area contributed by atoms with Gasteiger partial charge in [-0.1, -0.05) is 50.2 Å². The van der Waals surface area contributed by atoms with Crippen LogP contribution in [0, 0.1) is 23.2 Å². The van der Waals surface area contributed by atoms with Gasteiger partial charge in [0.1, 0.15) is 0 Å². The number of rotatable bonds is 5. The highest BCUT2D eigenvalue weighted by Gasteiger charge is 2.47. The summed E-state index contributed by atoms with van der Waals surface area (Å²) in [6.07, 6.45) is 17.8. The fourth-order valence-electron chi connectivity index (χ4n) is 4.86. The third-order valence-corrected chi connectivity index (χ3v) is 6.54. The van der Waals surface area contributed by atoms with Crippen LogP contribution >= 0.6 is 0 Å². The summed E-state index contributed by atoms with van der Waals surface area (Å²) >= 11 is 0. The molecule has 4 rings (SSSR count). The zero-order chi connectivity index (χ0) is 15.7. The molecule has 3 aliphatic carbocycles. The molecule has 1 aromatic rings. The molecule has 1 heterocycles. The monoisotopic (exact) mass is 312 g/mol. The molecule has 4 nitrogen and oxygen atoms in total. The van der Waals surface area contributed by atoms with Crippen molar-refractivity contribution in [1.29, 1.82) is 5.26 Å². The molecule has 3 saturated carbocycles. The molecule has 0 aromatic carbocycles. The molecule has 1 aromatic heterocycles. The maximum atomic E-state index is 9.40. The molecule has 4 heteroatoms. The Balaban J connectivity index is 1.55. The van der Waals surface area contributed by atoms with Gasteiger partial charge in [-0.25, -0.2) is 4.68 Å². The summed E-state index contributed by atoms with van der Waals surface area (Å²) in [6.45, 7) is 0. The standard InChI is InChI=1S/C19H28N4/c20-14-19(10-11-19)23-13-18(21-22-23)17(12-15-6-4-5-7-15)16-8-2-1-3-9-16/h13,15-17H,1-12H2/t17-/m0/s1. The minimum atomic E-state index is -0.365. The summed E-state index contributed by atoms with van der Waals surface area (Å²) in [4.78, 5) is 0. The van der Waals surface area contributed by atoms with Gasteiger partial charge in [-0.3, -0.25) is 0 Å². The lowest BCUT2D eigenvalue weighted by molar-refractivity contribution is 0.265. The first-order chi connectivity index (χ1) is 11.3. The first kappa shape index (κ1) is 15.2. The van der Waals surface area contributed by atoms with E-state index >= 15 is 0 Å². The number of hydrogen-bond donors (Lipinski definition) is 0. The van der Waals surface area contributed by atoms with E-state index in [-0.39, 0.29) is 5.54 Å². The van der Waals surface area contributed by atoms with Crippen molar-refractivity contribution in [3.05, 3.63) is 11.9 Å². The summed E-state index contributed by atoms with van der Waals surface area (Å²) in [5.41, 5.74) is 0.806. The quantitative estimate of drug-likeness (QED) is 0.802. The van der Waals surface area contributed by atoms with Crippen LogP contribution < -0.4 is 0 Å². The molecular formula is C19H28N4. The number of nitriles is 1. The van der Waals surface area contributed by atoms with Gasteiger partial charge in [-0.2, -0.15) is 5.26 Å². The Morgan fingerprint density at radius 2 is 1.83 bits per heavy atom. The van der Waals surface area contributed by atoms with Crippen LogP contribution in [0.4, 0.5) is 0 Å². The summed E-state index contributed by atoms with van der Waals surface area (Å²) in [5.74, 6) is 2.24. The highest BCUT2D eigenvalue weighted by Crippen LogP contribution is 2.45. The van der Waals surface area contributed by atoms with Crippen molar-refractivity contribution < 1.29 is 0 Å². The van der Waals surface area contributed by atoms with Crippen LogP contribution in [-0.4, -0.2) is 15.0 Å². The SMILES string of the molecule is N#CC1(n2cc([C@@H](CC3CCCC3)C3CCCCC3)nn2)CC1. The fraction of sp³-hybridized carbons (Fsp3) is 0.842. The van der Waals surface area contributed by atoms with E-state index < -0.39 is 0 Å². The normalized spacial score (nSPS) is 26.0. The van der Waals surface area contributed by atoms with Crippen LogP contribution in [-0.2, 0) is 5.54 Å². The predicted molar refractivity (Wildman–Crippen MR) is 88.7 cm³/mol. The van der Waals surface area contributed by atoms with Crippen LogP contribution in [0.3, 0.4) is 0 Å². The Labute approximate surface area is 139 Å². The van der Waals surface area contributed by atoms with E-state index in [1.807, 2.05) is 4.68 Å². The molecule has 0 amide bonds. The largest absolute Gasteiger partial charge is 0.232 e. The van der Waals surface area contributed by atoms with Gasteiger partial charge in [0.05, 0.1) is 18.0 Å². The van der Waals surface area contributed by atoms with Crippen LogP contribution in [0.5, 0.6) is 0 Å². The van der Waals surface area contributed by atoms with Crippen molar-refractivity contribution in [2.24, 2.45) is 11.8 Å². The van der Waals surface area contributed by atoms with Crippen molar-refractivity contribution in [2.45, 2.75) is 88.5 Å². The van der Waals surface area contributed by atoms with E-state index in [2.05, 4.69) is 22.6 Å². The van der Waals surface area contributed by atoms with Gasteiger partial charge in [0.25, 0.3) is 0 Å². The molecule has 0 unspecified atom stereocenters. The van der Waals surface area contributed by atoms with Gasteiger partial charge in [0.2, 0.25) is 0 Å². The van der Waals surface area contributed by atoms with E-state index in [0.717, 1.165) is 24.7 Å². The zero-order valence-electron chi connectivity index (χ0n) is 14.1. The van der Waals surface area contributed by atoms with E-state index in [4.69, 9.17) is 0 Å². The molecule has 23 heavy (non-hydrogen) atoms. The average Bonchev–Trinajstić information content (AvgIpc) is 3.00. The second kappa shape index (κ2) is 6.26. The van der Waals surface area contributed by atoms with Crippen LogP contribution in [0.2, 0.25) is 0 Å². The maximum Gasteiger partial charge on any atom is 0.150 e. The molecule has 0 bridgehead atoms. The molecule has 3 aliphatic rings. The van der Waals surface area contributed by atoms with Gasteiger partial charge < -0.3 is 0 Å². The highest BCUT2D eigenvalue weighted by molar-refractivity contribution is 5.17. The first-order valence-corrected chi connectivity index (χ1v) is 9.65. The maximum absolute atomic E-state index is 9.40. The minimum absolute atomic E-state index is 0.365. The van der Waals surface area contributed by atoms with E-state index in [9.17, 15) is 5.26 Å². The summed E-state index contributed by atoms with van der Waals surface area (Å²) < 4.78 is 1.87. The molecule has 124 valence electrons. The van der Waals surface area contributed by atoms with Crippen molar-refractivity contribution in [2.75, 3.05) is 0 Å². The van der Waals surface area contributed by atoms with Crippen molar-refractivity contribution in [3.8, 4) is 6.07 Å². The average molecular weight is 312 g/mol. The van der Waals surface area contributed by atoms with Crippen molar-refractivity contribution in [1.82, 2.24) is 15.0 Å². The lowest BCUT2D eigenvalue weighted by Gasteiger charge is -2.30. The summed E-state index contributed by atoms with van der Waals surface area (Å²) in [7, 11) is 0. The molecular weight excluding hydrogens is 284 g/mol. The van der Waals surface area contributed by atoms with E-state index in [1.54, 1.807) is 0 Å². The Kier molecular flexibility index (Phi) is 4.13. The summed E-state index contributed by atoms with van der Waals surface area (Å²) in [6, 6.07) is 2.43. The van der Waals surface area contributed by atoms with Crippen LogP contribution in [0.25, 0.3) is 0 Å². The Morgan fingerprint density at radius 3 is 2.48 bits per heavy atom. The number of hydrogen-bond acceptors (Lipinski definition) is 3. The highest BCUT2D eigenvalue weighted by atomic mass is 15.5. The van der Waals surface area contributed by atoms with Crippen molar-refractivity contribution in [3.63, 3.8) is 0 Å². The third kappa shape index (κ3) is 3.03. The zero-order valence-corrected chi connectivity index (χ0v) is 14.1. The number of nitrogens with zero attached hydrogens (tertiary/aromatic N) is 4. The molecule has 0 radical (unpaired) electrons. The lowest BCUT2D eigenvalue weighted by Crippen LogP contribution is -2.19. The van der Waals surface area contributed by atoms with Gasteiger partial charge in [-0.05, 0) is 43.9 Å². The smallest absolute Gasteiger partial charge is 0.150 e. The Hall–Kier alpha value is -1.37. The topological polar surface area (TPSA) is 54.5 Å². The van der Waals surface area contributed by atoms with Gasteiger partial charge in [-0.15, -0.1) is 5.10 Å². The molecule has 1 atom stereocenters. The second-order valence-corrected chi connectivity index (χ2v) is 8.12. The second-order valence-electron chi connectivity index (χ2n) is 8.12. The molecule has 3 fully saturated rings. The Morgan fingerprint density at radius 1 is 1.13 bits per heavy atom. The van der Waals surface area contributed by atoms with Gasteiger partial charge >= 0.3 is 0 Å².